The minimum atomic E-state index is 0.405. The molecule has 0 N–H and O–H groups in total. The van der Waals surface area contributed by atoms with Crippen LogP contribution in [0.25, 0.3) is 165 Å². The third-order valence-electron chi connectivity index (χ3n) is 15.8. The van der Waals surface area contributed by atoms with Gasteiger partial charge in [0.1, 0.15) is 11.7 Å². The molecule has 0 atom stereocenters. The van der Waals surface area contributed by atoms with E-state index in [1.54, 1.807) is 34.0 Å². The smallest absolute Gasteiger partial charge is 0.206 e. The molecule has 0 fully saturated rings. The zero-order valence-corrected chi connectivity index (χ0v) is 42.5. The second-order valence-electron chi connectivity index (χ2n) is 19.5. The van der Waals surface area contributed by atoms with Crippen LogP contribution < -0.4 is 0 Å². The summed E-state index contributed by atoms with van der Waals surface area (Å²) in [5.74, 6) is 0. The first-order chi connectivity index (χ1) is 37.7. The molecule has 0 amide bonds. The average Bonchev–Trinajstić information content (AvgIpc) is 4.47. The van der Waals surface area contributed by atoms with Crippen LogP contribution >= 0.6 is 34.0 Å². The number of nitriles is 1. The lowest BCUT2D eigenvalue weighted by molar-refractivity contribution is 0.671. The lowest BCUT2D eigenvalue weighted by Gasteiger charge is -2.26. The second kappa shape index (κ2) is 15.5. The maximum Gasteiger partial charge on any atom is 0.206 e. The highest BCUT2D eigenvalue weighted by atomic mass is 32.1. The number of furan rings is 1. The molecule has 0 aliphatic carbocycles. The van der Waals surface area contributed by atoms with Crippen molar-refractivity contribution in [3.8, 4) is 39.7 Å². The topological polar surface area (TPSA) is 51.1 Å². The Balaban J connectivity index is 1.23. The highest BCUT2D eigenvalue weighted by molar-refractivity contribution is 7.27. The van der Waals surface area contributed by atoms with Crippen LogP contribution in [0.15, 0.2) is 211 Å². The van der Waals surface area contributed by atoms with Gasteiger partial charge in [0.05, 0.1) is 59.7 Å². The summed E-state index contributed by atoms with van der Waals surface area (Å²) in [7, 11) is 0. The predicted octanol–water partition coefficient (Wildman–Crippen LogP) is 20.6. The van der Waals surface area contributed by atoms with E-state index in [-0.39, 0.29) is 0 Å². The Kier molecular flexibility index (Phi) is 8.54. The zero-order chi connectivity index (χ0) is 49.9. The van der Waals surface area contributed by atoms with E-state index in [1.807, 2.05) is 48.5 Å². The summed E-state index contributed by atoms with van der Waals surface area (Å²) in [4.78, 5) is 4.62. The molecule has 0 spiro atoms. The number of nitrogens with zero attached hydrogens (tertiary/aromatic N) is 4. The molecule has 8 heteroatoms. The van der Waals surface area contributed by atoms with E-state index >= 15 is 0 Å². The first-order valence-corrected chi connectivity index (χ1v) is 27.6. The van der Waals surface area contributed by atoms with E-state index in [2.05, 4.69) is 178 Å². The quantitative estimate of drug-likeness (QED) is 0.165. The molecular weight excluding hydrogens is 985 g/mol. The van der Waals surface area contributed by atoms with Gasteiger partial charge in [0.25, 0.3) is 0 Å². The molecule has 0 radical (unpaired) electrons. The lowest BCUT2D eigenvalue weighted by atomic mass is 9.88. The number of hydrogen-bond acceptors (Lipinski definition) is 5. The maximum absolute atomic E-state index is 12.5. The Bertz CT molecular complexity index is 5240. The summed E-state index contributed by atoms with van der Waals surface area (Å²) in [5.41, 5.74) is 10.7. The average molecular weight is 1020 g/mol. The molecule has 6 aromatic heterocycles. The third kappa shape index (κ3) is 5.44. The number of hydrogen-bond donors (Lipinski definition) is 0. The van der Waals surface area contributed by atoms with E-state index < -0.39 is 0 Å². The van der Waals surface area contributed by atoms with Gasteiger partial charge in [0.15, 0.2) is 5.58 Å². The largest absolute Gasteiger partial charge is 0.454 e. The summed E-state index contributed by atoms with van der Waals surface area (Å²) in [6, 6.07) is 75.9. The summed E-state index contributed by atoms with van der Waals surface area (Å²) < 4.78 is 19.0. The fourth-order valence-corrected chi connectivity index (χ4v) is 16.4. The van der Waals surface area contributed by atoms with E-state index in [0.717, 1.165) is 118 Å². The molecule has 17 aromatic rings. The van der Waals surface area contributed by atoms with Gasteiger partial charge < -0.3 is 13.6 Å². The van der Waals surface area contributed by atoms with Gasteiger partial charge >= 0.3 is 0 Å². The Labute approximate surface area is 444 Å². The Morgan fingerprint density at radius 2 is 0.776 bits per heavy atom. The van der Waals surface area contributed by atoms with Gasteiger partial charge in [-0.15, -0.1) is 34.0 Å². The van der Waals surface area contributed by atoms with Gasteiger partial charge in [-0.3, -0.25) is 0 Å². The van der Waals surface area contributed by atoms with Crippen molar-refractivity contribution in [2.45, 2.75) is 0 Å². The molecule has 5 nitrogen and oxygen atoms in total. The number of aromatic nitrogens is 2. The van der Waals surface area contributed by atoms with E-state index in [1.165, 1.54) is 30.3 Å². The van der Waals surface area contributed by atoms with Crippen molar-refractivity contribution in [2.75, 3.05) is 0 Å². The molecule has 350 valence electrons. The van der Waals surface area contributed by atoms with Crippen molar-refractivity contribution in [1.29, 1.82) is 5.26 Å². The van der Waals surface area contributed by atoms with Crippen molar-refractivity contribution < 1.29 is 4.42 Å². The molecule has 0 aliphatic heterocycles. The fraction of sp³-hybridized carbons (Fsp3) is 0. The maximum atomic E-state index is 12.5. The Morgan fingerprint density at radius 3 is 1.26 bits per heavy atom. The molecule has 11 aromatic carbocycles. The van der Waals surface area contributed by atoms with Gasteiger partial charge in [-0.2, -0.15) is 5.26 Å². The molecule has 76 heavy (non-hydrogen) atoms. The number of rotatable bonds is 4. The Hall–Kier alpha value is -9.54. The van der Waals surface area contributed by atoms with Gasteiger partial charge in [-0.25, -0.2) is 4.85 Å². The van der Waals surface area contributed by atoms with Crippen molar-refractivity contribution in [1.82, 2.24) is 9.13 Å². The first-order valence-electron chi connectivity index (χ1n) is 25.2. The van der Waals surface area contributed by atoms with E-state index in [9.17, 15) is 11.8 Å². The minimum absolute atomic E-state index is 0.405. The molecule has 0 aliphatic rings. The van der Waals surface area contributed by atoms with Crippen LogP contribution in [0.4, 0.5) is 5.69 Å². The second-order valence-corrected chi connectivity index (χ2v) is 22.7. The van der Waals surface area contributed by atoms with Crippen LogP contribution in [0, 0.1) is 17.9 Å². The predicted molar refractivity (Wildman–Crippen MR) is 323 cm³/mol. The normalized spacial score (nSPS) is 12.2. The monoisotopic (exact) mass is 1020 g/mol. The SMILES string of the molecule is [C-]#[N+]c1c(-c2ccccc2)c(C#N)c(-n2c3c(ccc4c5ccccc5sc43)c3ccc4c5ccccc5sc4c32)c(-n2c3c(ccc4c5ccccc5oc43)c3ccc4c5ccccc5sc4c32)c1-c1ccccc1. The molecule has 0 bridgehead atoms. The Morgan fingerprint density at radius 1 is 0.382 bits per heavy atom. The van der Waals surface area contributed by atoms with Gasteiger partial charge in [-0.05, 0) is 41.5 Å². The van der Waals surface area contributed by atoms with Crippen molar-refractivity contribution >= 4 is 166 Å². The fourth-order valence-electron chi connectivity index (χ4n) is 12.7. The van der Waals surface area contributed by atoms with Crippen LogP contribution in [-0.2, 0) is 0 Å². The van der Waals surface area contributed by atoms with Crippen LogP contribution in [-0.4, -0.2) is 9.13 Å². The van der Waals surface area contributed by atoms with Crippen molar-refractivity contribution in [3.05, 3.63) is 223 Å². The summed E-state index contributed by atoms with van der Waals surface area (Å²) in [6.07, 6.45) is 0. The lowest BCUT2D eigenvalue weighted by Crippen LogP contribution is -2.10. The number of fused-ring (bicyclic) bond motifs is 22. The van der Waals surface area contributed by atoms with E-state index in [0.29, 0.717) is 22.5 Å². The van der Waals surface area contributed by atoms with Crippen molar-refractivity contribution in [2.24, 2.45) is 0 Å². The highest BCUT2D eigenvalue weighted by Crippen LogP contribution is 2.56. The molecule has 0 unspecified atom stereocenters. The number of para-hydroxylation sites is 1. The van der Waals surface area contributed by atoms with E-state index in [4.69, 9.17) is 4.42 Å². The first kappa shape index (κ1) is 41.9. The highest BCUT2D eigenvalue weighted by Gasteiger charge is 2.34. The van der Waals surface area contributed by atoms with Crippen LogP contribution in [0.2, 0.25) is 0 Å². The summed E-state index contributed by atoms with van der Waals surface area (Å²) in [6.45, 7) is 9.49. The standard InChI is InChI=1S/C68H34N4OS3/c1-70-58-56(37-16-4-2-5-17-37)51(36-69)59(71-61-45(30-34-48-40-21-9-13-25-53(40)74-66(48)61)46-31-35-49-41-22-10-14-26-54(41)75-67(49)62(46)71)64(57(58)38-18-6-3-7-19-38)72-60-43(28-32-47-39-20-8-12-24-52(39)73-65(47)60)44-29-33-50-42-23-11-15-27-55(42)76-68(50)63(44)72/h2-35H. The molecule has 6 heterocycles. The number of benzene rings is 11. The summed E-state index contributed by atoms with van der Waals surface area (Å²) >= 11 is 5.38. The van der Waals surface area contributed by atoms with Crippen LogP contribution in [0.3, 0.4) is 0 Å². The zero-order valence-electron chi connectivity index (χ0n) is 40.1. The minimum Gasteiger partial charge on any atom is -0.454 e. The molecular formula is C68H34N4OS3. The molecule has 17 rings (SSSR count). The van der Waals surface area contributed by atoms with Gasteiger partial charge in [0.2, 0.25) is 5.69 Å². The molecule has 0 saturated carbocycles. The van der Waals surface area contributed by atoms with Gasteiger partial charge in [-0.1, -0.05) is 176 Å². The summed E-state index contributed by atoms with van der Waals surface area (Å²) in [5, 5.41) is 25.8. The van der Waals surface area contributed by atoms with Gasteiger partial charge in [0, 0.05) is 89.9 Å². The number of thiophene rings is 3. The van der Waals surface area contributed by atoms with Crippen LogP contribution in [0.5, 0.6) is 0 Å². The van der Waals surface area contributed by atoms with Crippen molar-refractivity contribution in [3.63, 3.8) is 0 Å². The third-order valence-corrected chi connectivity index (χ3v) is 19.4. The van der Waals surface area contributed by atoms with Crippen LogP contribution in [0.1, 0.15) is 5.56 Å². The molecule has 0 saturated heterocycles.